The lowest BCUT2D eigenvalue weighted by Crippen LogP contribution is -2.31. The Morgan fingerprint density at radius 2 is 1.84 bits per heavy atom. The van der Waals surface area contributed by atoms with Crippen LogP contribution in [0.3, 0.4) is 0 Å². The van der Waals surface area contributed by atoms with Crippen LogP contribution in [0, 0.1) is 6.92 Å². The minimum absolute atomic E-state index is 0.166. The molecule has 0 aliphatic rings. The number of hydrogen-bond donors (Lipinski definition) is 1. The molecular weight excluding hydrogens is 342 g/mol. The Morgan fingerprint density at radius 1 is 1.12 bits per heavy atom. The lowest BCUT2D eigenvalue weighted by molar-refractivity contribution is -0.150. The Morgan fingerprint density at radius 3 is 2.52 bits per heavy atom. The minimum Gasteiger partial charge on any atom is -0.482 e. The van der Waals surface area contributed by atoms with Gasteiger partial charge < -0.3 is 14.8 Å². The number of nitrogens with one attached hydrogen (secondary N) is 1. The summed E-state index contributed by atoms with van der Waals surface area (Å²) in [5.41, 5.74) is 1.79. The monoisotopic (exact) mass is 361 g/mol. The summed E-state index contributed by atoms with van der Waals surface area (Å²) in [4.78, 5) is 23.6. The number of ether oxygens (including phenoxy) is 2. The molecule has 5 nitrogen and oxygen atoms in total. The Balaban J connectivity index is 1.73. The number of hydrogen-bond acceptors (Lipinski definition) is 4. The van der Waals surface area contributed by atoms with Crippen LogP contribution in [0.1, 0.15) is 24.1 Å². The summed E-state index contributed by atoms with van der Waals surface area (Å²) in [5.74, 6) is -0.437. The van der Waals surface area contributed by atoms with E-state index in [1.54, 1.807) is 18.2 Å². The number of halogens is 1. The predicted molar refractivity (Wildman–Crippen MR) is 95.6 cm³/mol. The number of esters is 1. The summed E-state index contributed by atoms with van der Waals surface area (Å²) < 4.78 is 10.3. The van der Waals surface area contributed by atoms with Gasteiger partial charge in [0.1, 0.15) is 5.75 Å². The fourth-order valence-corrected chi connectivity index (χ4v) is 2.43. The highest BCUT2D eigenvalue weighted by molar-refractivity contribution is 6.30. The first-order valence-corrected chi connectivity index (χ1v) is 8.22. The van der Waals surface area contributed by atoms with Gasteiger partial charge in [-0.05, 0) is 43.2 Å². The van der Waals surface area contributed by atoms with Crippen LogP contribution in [-0.4, -0.2) is 25.1 Å². The average Bonchev–Trinajstić information content (AvgIpc) is 2.60. The van der Waals surface area contributed by atoms with Crippen molar-refractivity contribution in [3.05, 3.63) is 64.7 Å². The molecule has 0 saturated carbocycles. The van der Waals surface area contributed by atoms with Gasteiger partial charge >= 0.3 is 5.97 Å². The van der Waals surface area contributed by atoms with Gasteiger partial charge in [-0.15, -0.1) is 0 Å². The van der Waals surface area contributed by atoms with Gasteiger partial charge in [-0.3, -0.25) is 4.79 Å². The summed E-state index contributed by atoms with van der Waals surface area (Å²) in [5, 5.41) is 3.36. The van der Waals surface area contributed by atoms with Crippen LogP contribution in [-0.2, 0) is 14.3 Å². The first-order valence-electron chi connectivity index (χ1n) is 7.84. The van der Waals surface area contributed by atoms with Crippen molar-refractivity contribution < 1.29 is 19.1 Å². The number of benzene rings is 2. The molecule has 0 bridgehead atoms. The van der Waals surface area contributed by atoms with Crippen molar-refractivity contribution in [3.8, 4) is 5.75 Å². The third-order valence-electron chi connectivity index (χ3n) is 3.52. The van der Waals surface area contributed by atoms with Gasteiger partial charge in [-0.2, -0.15) is 0 Å². The van der Waals surface area contributed by atoms with E-state index < -0.39 is 5.97 Å². The van der Waals surface area contributed by atoms with Gasteiger partial charge in [-0.25, -0.2) is 4.79 Å². The quantitative estimate of drug-likeness (QED) is 0.767. The zero-order valence-electron chi connectivity index (χ0n) is 14.1. The summed E-state index contributed by atoms with van der Waals surface area (Å²) in [6.07, 6.45) is 0. The van der Waals surface area contributed by atoms with Gasteiger partial charge in [0, 0.05) is 5.02 Å². The Bertz CT molecular complexity index is 733. The highest BCUT2D eigenvalue weighted by atomic mass is 35.5. The molecule has 0 saturated heterocycles. The summed E-state index contributed by atoms with van der Waals surface area (Å²) in [6.45, 7) is 3.06. The summed E-state index contributed by atoms with van der Waals surface area (Å²) in [6, 6.07) is 14.5. The van der Waals surface area contributed by atoms with E-state index in [1.165, 1.54) is 0 Å². The standard InChI is InChI=1S/C19H20ClNO4/c1-13-10-16(20)8-9-17(13)24-12-19(23)25-11-18(22)21-14(2)15-6-4-3-5-7-15/h3-10,14H,11-12H2,1-2H3,(H,21,22). The molecule has 25 heavy (non-hydrogen) atoms. The van der Waals surface area contributed by atoms with Crippen LogP contribution in [0.4, 0.5) is 0 Å². The van der Waals surface area contributed by atoms with Crippen LogP contribution >= 0.6 is 11.6 Å². The fraction of sp³-hybridized carbons (Fsp3) is 0.263. The molecule has 2 aromatic rings. The smallest absolute Gasteiger partial charge is 0.344 e. The number of rotatable bonds is 7. The van der Waals surface area contributed by atoms with E-state index in [9.17, 15) is 9.59 Å². The van der Waals surface area contributed by atoms with Gasteiger partial charge in [0.25, 0.3) is 5.91 Å². The Kier molecular flexibility index (Phi) is 6.83. The van der Waals surface area contributed by atoms with Crippen LogP contribution < -0.4 is 10.1 Å². The summed E-state index contributed by atoms with van der Waals surface area (Å²) in [7, 11) is 0. The van der Waals surface area contributed by atoms with Crippen molar-refractivity contribution in [1.29, 1.82) is 0 Å². The second kappa shape index (κ2) is 9.08. The molecule has 0 aliphatic heterocycles. The van der Waals surface area contributed by atoms with Gasteiger partial charge in [-0.1, -0.05) is 41.9 Å². The molecule has 0 aromatic heterocycles. The van der Waals surface area contributed by atoms with Gasteiger partial charge in [0.05, 0.1) is 6.04 Å². The van der Waals surface area contributed by atoms with Crippen molar-refractivity contribution >= 4 is 23.5 Å². The Labute approximate surface area is 151 Å². The zero-order valence-corrected chi connectivity index (χ0v) is 14.9. The molecule has 0 spiro atoms. The molecule has 6 heteroatoms. The van der Waals surface area contributed by atoms with E-state index in [0.717, 1.165) is 11.1 Å². The third-order valence-corrected chi connectivity index (χ3v) is 3.76. The second-order valence-electron chi connectivity index (χ2n) is 5.56. The number of carbonyl (C=O) groups is 2. The highest BCUT2D eigenvalue weighted by Crippen LogP contribution is 2.21. The molecule has 1 atom stereocenters. The van der Waals surface area contributed by atoms with Crippen molar-refractivity contribution in [2.45, 2.75) is 19.9 Å². The SMILES string of the molecule is Cc1cc(Cl)ccc1OCC(=O)OCC(=O)NC(C)c1ccccc1. The number of carbonyl (C=O) groups excluding carboxylic acids is 2. The van der Waals surface area contributed by atoms with Crippen molar-refractivity contribution in [2.75, 3.05) is 13.2 Å². The maximum Gasteiger partial charge on any atom is 0.344 e. The molecule has 2 aromatic carbocycles. The summed E-state index contributed by atoms with van der Waals surface area (Å²) >= 11 is 5.86. The van der Waals surface area contributed by atoms with E-state index in [1.807, 2.05) is 44.2 Å². The maximum absolute atomic E-state index is 11.9. The van der Waals surface area contributed by atoms with Gasteiger partial charge in [0.2, 0.25) is 0 Å². The predicted octanol–water partition coefficient (Wildman–Crippen LogP) is 3.45. The van der Waals surface area contributed by atoms with Crippen LogP contribution in [0.25, 0.3) is 0 Å². The third kappa shape index (κ3) is 6.12. The normalized spacial score (nSPS) is 11.5. The first-order chi connectivity index (χ1) is 12.0. The van der Waals surface area contributed by atoms with E-state index in [-0.39, 0.29) is 25.2 Å². The lowest BCUT2D eigenvalue weighted by atomic mass is 10.1. The molecule has 0 fully saturated rings. The molecule has 2 rings (SSSR count). The van der Waals surface area contributed by atoms with Crippen molar-refractivity contribution in [1.82, 2.24) is 5.32 Å². The topological polar surface area (TPSA) is 64.6 Å². The second-order valence-corrected chi connectivity index (χ2v) is 6.00. The molecule has 1 N–H and O–H groups in total. The minimum atomic E-state index is -0.614. The van der Waals surface area contributed by atoms with E-state index in [4.69, 9.17) is 21.1 Å². The molecule has 0 radical (unpaired) electrons. The molecule has 0 aliphatic carbocycles. The zero-order chi connectivity index (χ0) is 18.2. The molecule has 1 unspecified atom stereocenters. The largest absolute Gasteiger partial charge is 0.482 e. The fourth-order valence-electron chi connectivity index (χ4n) is 2.21. The maximum atomic E-state index is 11.9. The number of aryl methyl sites for hydroxylation is 1. The molecule has 132 valence electrons. The van der Waals surface area contributed by atoms with E-state index in [0.29, 0.717) is 10.8 Å². The molecule has 1 amide bonds. The van der Waals surface area contributed by atoms with Crippen molar-refractivity contribution in [2.24, 2.45) is 0 Å². The van der Waals surface area contributed by atoms with E-state index >= 15 is 0 Å². The van der Waals surface area contributed by atoms with Crippen molar-refractivity contribution in [3.63, 3.8) is 0 Å². The lowest BCUT2D eigenvalue weighted by Gasteiger charge is -2.14. The van der Waals surface area contributed by atoms with Crippen LogP contribution in [0.2, 0.25) is 5.02 Å². The highest BCUT2D eigenvalue weighted by Gasteiger charge is 2.12. The van der Waals surface area contributed by atoms with E-state index in [2.05, 4.69) is 5.32 Å². The average molecular weight is 362 g/mol. The number of amides is 1. The van der Waals surface area contributed by atoms with Crippen LogP contribution in [0.5, 0.6) is 5.75 Å². The molecular formula is C19H20ClNO4. The molecule has 0 heterocycles. The first kappa shape index (κ1) is 18.8. The van der Waals surface area contributed by atoms with Gasteiger partial charge in [0.15, 0.2) is 13.2 Å². The van der Waals surface area contributed by atoms with Crippen LogP contribution in [0.15, 0.2) is 48.5 Å². The Hall–Kier alpha value is -2.53.